The predicted octanol–water partition coefficient (Wildman–Crippen LogP) is 4.70. The number of para-hydroxylation sites is 1. The van der Waals surface area contributed by atoms with Crippen LogP contribution in [-0.4, -0.2) is 4.98 Å². The van der Waals surface area contributed by atoms with Crippen LogP contribution in [0.1, 0.15) is 52.1 Å². The minimum atomic E-state index is 0.0736. The molecule has 0 saturated heterocycles. The fourth-order valence-corrected chi connectivity index (χ4v) is 2.99. The summed E-state index contributed by atoms with van der Waals surface area (Å²) in [5.74, 6) is 0.622. The van der Waals surface area contributed by atoms with Gasteiger partial charge >= 0.3 is 0 Å². The van der Waals surface area contributed by atoms with E-state index in [1.165, 1.54) is 11.8 Å². The summed E-state index contributed by atoms with van der Waals surface area (Å²) in [6.45, 7) is 9.14. The van der Waals surface area contributed by atoms with E-state index in [0.717, 1.165) is 17.5 Å². The Morgan fingerprint density at radius 1 is 1.20 bits per heavy atom. The summed E-state index contributed by atoms with van der Waals surface area (Å²) in [5, 5.41) is 1.17. The molecule has 1 aromatic carbocycles. The number of nitrogens with zero attached hydrogens (tertiary/aromatic N) is 1. The summed E-state index contributed by atoms with van der Waals surface area (Å²) in [4.78, 5) is 4.50. The van der Waals surface area contributed by atoms with Gasteiger partial charge in [0, 0.05) is 17.6 Å². The molecule has 0 radical (unpaired) electrons. The van der Waals surface area contributed by atoms with Crippen LogP contribution in [0.15, 0.2) is 36.5 Å². The SMILES string of the molecule is CC(CC(N)c1cnc2ccccc2c1)CC(C)(C)C. The molecule has 0 saturated carbocycles. The second-order valence-corrected chi connectivity index (χ2v) is 7.17. The molecule has 0 aliphatic carbocycles. The van der Waals surface area contributed by atoms with Crippen molar-refractivity contribution in [3.63, 3.8) is 0 Å². The van der Waals surface area contributed by atoms with E-state index in [9.17, 15) is 0 Å². The van der Waals surface area contributed by atoms with Gasteiger partial charge in [-0.1, -0.05) is 45.9 Å². The van der Waals surface area contributed by atoms with Crippen LogP contribution in [0.3, 0.4) is 0 Å². The molecule has 20 heavy (non-hydrogen) atoms. The fourth-order valence-electron chi connectivity index (χ4n) is 2.99. The molecule has 1 heterocycles. The minimum absolute atomic E-state index is 0.0736. The highest BCUT2D eigenvalue weighted by molar-refractivity contribution is 5.78. The standard InChI is InChI=1S/C18H26N2/c1-13(11-18(2,3)4)9-16(19)15-10-14-7-5-6-8-17(14)20-12-15/h5-8,10,12-13,16H,9,11,19H2,1-4H3. The lowest BCUT2D eigenvalue weighted by atomic mass is 9.82. The van der Waals surface area contributed by atoms with Gasteiger partial charge in [-0.2, -0.15) is 0 Å². The lowest BCUT2D eigenvalue weighted by Gasteiger charge is -2.25. The first-order valence-electron chi connectivity index (χ1n) is 7.45. The first-order valence-corrected chi connectivity index (χ1v) is 7.45. The van der Waals surface area contributed by atoms with E-state index in [1.807, 2.05) is 24.4 Å². The van der Waals surface area contributed by atoms with Gasteiger partial charge in [-0.05, 0) is 41.9 Å². The summed E-state index contributed by atoms with van der Waals surface area (Å²) in [7, 11) is 0. The zero-order valence-corrected chi connectivity index (χ0v) is 13.1. The van der Waals surface area contributed by atoms with Gasteiger partial charge in [0.25, 0.3) is 0 Å². The number of aromatic nitrogens is 1. The third-order valence-corrected chi connectivity index (χ3v) is 3.66. The molecule has 0 spiro atoms. The highest BCUT2D eigenvalue weighted by atomic mass is 14.7. The highest BCUT2D eigenvalue weighted by Gasteiger charge is 2.18. The van der Waals surface area contributed by atoms with Gasteiger partial charge in [-0.15, -0.1) is 0 Å². The smallest absolute Gasteiger partial charge is 0.0702 e. The number of hydrogen-bond acceptors (Lipinski definition) is 2. The molecule has 2 atom stereocenters. The second-order valence-electron chi connectivity index (χ2n) is 7.17. The molecule has 2 aromatic rings. The van der Waals surface area contributed by atoms with E-state index in [-0.39, 0.29) is 6.04 Å². The Morgan fingerprint density at radius 2 is 1.90 bits per heavy atom. The lowest BCUT2D eigenvalue weighted by molar-refractivity contribution is 0.286. The fraction of sp³-hybridized carbons (Fsp3) is 0.500. The molecule has 0 bridgehead atoms. The number of nitrogens with two attached hydrogens (primary N) is 1. The maximum absolute atomic E-state index is 6.37. The summed E-state index contributed by atoms with van der Waals surface area (Å²) in [5.41, 5.74) is 8.90. The molecule has 2 rings (SSSR count). The van der Waals surface area contributed by atoms with Crippen LogP contribution in [0, 0.1) is 11.3 Å². The van der Waals surface area contributed by atoms with Gasteiger partial charge in [-0.25, -0.2) is 0 Å². The Labute approximate surface area is 122 Å². The lowest BCUT2D eigenvalue weighted by Crippen LogP contribution is -2.18. The van der Waals surface area contributed by atoms with Crippen molar-refractivity contribution in [2.75, 3.05) is 0 Å². The van der Waals surface area contributed by atoms with E-state index in [0.29, 0.717) is 11.3 Å². The molecular formula is C18H26N2. The topological polar surface area (TPSA) is 38.9 Å². The van der Waals surface area contributed by atoms with Gasteiger partial charge in [0.05, 0.1) is 5.52 Å². The van der Waals surface area contributed by atoms with E-state index in [2.05, 4.69) is 44.8 Å². The number of hydrogen-bond donors (Lipinski definition) is 1. The molecule has 0 fully saturated rings. The average molecular weight is 270 g/mol. The van der Waals surface area contributed by atoms with Crippen LogP contribution in [0.25, 0.3) is 10.9 Å². The second kappa shape index (κ2) is 5.92. The monoisotopic (exact) mass is 270 g/mol. The minimum Gasteiger partial charge on any atom is -0.324 e. The van der Waals surface area contributed by atoms with Gasteiger partial charge in [-0.3, -0.25) is 4.98 Å². The third-order valence-electron chi connectivity index (χ3n) is 3.66. The van der Waals surface area contributed by atoms with Crippen molar-refractivity contribution in [3.05, 3.63) is 42.1 Å². The molecule has 108 valence electrons. The van der Waals surface area contributed by atoms with Crippen LogP contribution < -0.4 is 5.73 Å². The Bertz CT molecular complexity index is 569. The number of fused-ring (bicyclic) bond motifs is 1. The number of benzene rings is 1. The number of pyridine rings is 1. The van der Waals surface area contributed by atoms with E-state index < -0.39 is 0 Å². The van der Waals surface area contributed by atoms with Crippen molar-refractivity contribution >= 4 is 10.9 Å². The number of rotatable bonds is 4. The predicted molar refractivity (Wildman–Crippen MR) is 86.5 cm³/mol. The Balaban J connectivity index is 2.09. The molecule has 1 aromatic heterocycles. The molecular weight excluding hydrogens is 244 g/mol. The Hall–Kier alpha value is -1.41. The maximum Gasteiger partial charge on any atom is 0.0702 e. The van der Waals surface area contributed by atoms with Crippen molar-refractivity contribution in [2.45, 2.75) is 46.6 Å². The van der Waals surface area contributed by atoms with E-state index in [4.69, 9.17) is 5.73 Å². The normalized spacial score (nSPS) is 15.2. The maximum atomic E-state index is 6.37. The Kier molecular flexibility index (Phi) is 4.44. The molecule has 0 aliphatic heterocycles. The van der Waals surface area contributed by atoms with Crippen LogP contribution in [0.2, 0.25) is 0 Å². The quantitative estimate of drug-likeness (QED) is 0.874. The third kappa shape index (κ3) is 4.04. The van der Waals surface area contributed by atoms with Gasteiger partial charge < -0.3 is 5.73 Å². The first-order chi connectivity index (χ1) is 9.35. The highest BCUT2D eigenvalue weighted by Crippen LogP contribution is 2.30. The summed E-state index contributed by atoms with van der Waals surface area (Å²) in [6, 6.07) is 10.4. The zero-order valence-electron chi connectivity index (χ0n) is 13.1. The molecule has 2 nitrogen and oxygen atoms in total. The van der Waals surface area contributed by atoms with Gasteiger partial charge in [0.2, 0.25) is 0 Å². The first kappa shape index (κ1) is 15.0. The molecule has 2 N–H and O–H groups in total. The summed E-state index contributed by atoms with van der Waals surface area (Å²) >= 11 is 0. The molecule has 2 unspecified atom stereocenters. The largest absolute Gasteiger partial charge is 0.324 e. The molecule has 0 amide bonds. The van der Waals surface area contributed by atoms with Crippen molar-refractivity contribution in [1.82, 2.24) is 4.98 Å². The summed E-state index contributed by atoms with van der Waals surface area (Å²) < 4.78 is 0. The van der Waals surface area contributed by atoms with Crippen LogP contribution >= 0.6 is 0 Å². The van der Waals surface area contributed by atoms with Crippen molar-refractivity contribution in [2.24, 2.45) is 17.1 Å². The van der Waals surface area contributed by atoms with Crippen LogP contribution in [0.4, 0.5) is 0 Å². The van der Waals surface area contributed by atoms with Crippen LogP contribution in [-0.2, 0) is 0 Å². The van der Waals surface area contributed by atoms with E-state index >= 15 is 0 Å². The molecule has 2 heteroatoms. The van der Waals surface area contributed by atoms with Crippen molar-refractivity contribution in [3.8, 4) is 0 Å². The van der Waals surface area contributed by atoms with Crippen LogP contribution in [0.5, 0.6) is 0 Å². The molecule has 0 aliphatic rings. The summed E-state index contributed by atoms with van der Waals surface area (Å²) in [6.07, 6.45) is 4.13. The van der Waals surface area contributed by atoms with Crippen molar-refractivity contribution < 1.29 is 0 Å². The van der Waals surface area contributed by atoms with Crippen molar-refractivity contribution in [1.29, 1.82) is 0 Å². The average Bonchev–Trinajstić information content (AvgIpc) is 2.35. The van der Waals surface area contributed by atoms with Gasteiger partial charge in [0.15, 0.2) is 0 Å². The Morgan fingerprint density at radius 3 is 2.60 bits per heavy atom. The van der Waals surface area contributed by atoms with Gasteiger partial charge in [0.1, 0.15) is 0 Å². The van der Waals surface area contributed by atoms with E-state index in [1.54, 1.807) is 0 Å². The zero-order chi connectivity index (χ0) is 14.8.